The summed E-state index contributed by atoms with van der Waals surface area (Å²) in [6.45, 7) is -0.446. The maximum absolute atomic E-state index is 12.8. The molecule has 0 spiro atoms. The minimum atomic E-state index is -5.47. The van der Waals surface area contributed by atoms with Crippen LogP contribution in [0.15, 0.2) is 18.2 Å². The highest BCUT2D eigenvalue weighted by Gasteiger charge is 2.72. The quantitative estimate of drug-likeness (QED) is 0.777. The van der Waals surface area contributed by atoms with Gasteiger partial charge in [0.2, 0.25) is 5.54 Å². The van der Waals surface area contributed by atoms with Gasteiger partial charge in [0, 0.05) is 12.1 Å². The van der Waals surface area contributed by atoms with Crippen molar-refractivity contribution in [1.29, 1.82) is 0 Å². The van der Waals surface area contributed by atoms with E-state index in [1.165, 1.54) is 6.07 Å². The molecular weight excluding hydrogens is 276 g/mol. The van der Waals surface area contributed by atoms with Crippen LogP contribution in [0.3, 0.4) is 0 Å². The molecule has 0 radical (unpaired) electrons. The van der Waals surface area contributed by atoms with Crippen LogP contribution in [-0.2, 0) is 13.0 Å². The number of benzene rings is 1. The molecule has 0 aromatic heterocycles. The molecule has 19 heavy (non-hydrogen) atoms. The number of anilines is 1. The summed E-state index contributed by atoms with van der Waals surface area (Å²) in [6, 6.07) is 3.52. The summed E-state index contributed by atoms with van der Waals surface area (Å²) in [5, 5.41) is 10.4. The third-order valence-corrected chi connectivity index (χ3v) is 3.12. The van der Waals surface area contributed by atoms with Crippen LogP contribution in [0.4, 0.5) is 32.0 Å². The van der Waals surface area contributed by atoms with Gasteiger partial charge in [-0.05, 0) is 17.2 Å². The molecule has 1 aliphatic rings. The number of aliphatic hydroxyl groups is 1. The van der Waals surface area contributed by atoms with Gasteiger partial charge in [0.15, 0.2) is 0 Å². The van der Waals surface area contributed by atoms with Crippen LogP contribution in [0.2, 0.25) is 0 Å². The smallest absolute Gasteiger partial charge is 0.392 e. The lowest BCUT2D eigenvalue weighted by atomic mass is 9.93. The monoisotopic (exact) mass is 285 g/mol. The standard InChI is InChI=1S/C11H9F6NO/c12-10(13,14)9(11(15,16)17)4-7-3-6(5-19)1-2-8(7)18-9/h1-3,18-19H,4-5H2. The fourth-order valence-corrected chi connectivity index (χ4v) is 2.08. The number of aliphatic hydroxyl groups excluding tert-OH is 1. The normalized spacial score (nSPS) is 18.1. The molecule has 2 rings (SSSR count). The minimum absolute atomic E-state index is 0.110. The second-order valence-corrected chi connectivity index (χ2v) is 4.35. The van der Waals surface area contributed by atoms with Crippen molar-refractivity contribution in [2.75, 3.05) is 5.32 Å². The first-order chi connectivity index (χ1) is 8.61. The minimum Gasteiger partial charge on any atom is -0.392 e. The Balaban J connectivity index is 2.49. The van der Waals surface area contributed by atoms with E-state index in [1.54, 1.807) is 5.32 Å². The topological polar surface area (TPSA) is 32.3 Å². The van der Waals surface area contributed by atoms with Gasteiger partial charge in [-0.3, -0.25) is 0 Å². The molecule has 0 saturated carbocycles. The highest BCUT2D eigenvalue weighted by Crippen LogP contribution is 2.51. The summed E-state index contributed by atoms with van der Waals surface area (Å²) in [5.74, 6) is 0. The van der Waals surface area contributed by atoms with E-state index in [2.05, 4.69) is 0 Å². The fourth-order valence-electron chi connectivity index (χ4n) is 2.08. The fraction of sp³-hybridized carbons (Fsp3) is 0.455. The second-order valence-electron chi connectivity index (χ2n) is 4.35. The van der Waals surface area contributed by atoms with Crippen molar-refractivity contribution in [1.82, 2.24) is 0 Å². The van der Waals surface area contributed by atoms with E-state index < -0.39 is 30.9 Å². The molecule has 2 N–H and O–H groups in total. The van der Waals surface area contributed by atoms with Gasteiger partial charge in [-0.25, -0.2) is 0 Å². The summed E-state index contributed by atoms with van der Waals surface area (Å²) in [7, 11) is 0. The third-order valence-electron chi connectivity index (χ3n) is 3.12. The second kappa shape index (κ2) is 4.03. The Morgan fingerprint density at radius 2 is 1.68 bits per heavy atom. The summed E-state index contributed by atoms with van der Waals surface area (Å²) in [4.78, 5) is 0. The van der Waals surface area contributed by atoms with Crippen LogP contribution < -0.4 is 5.32 Å². The number of halogens is 6. The van der Waals surface area contributed by atoms with Crippen molar-refractivity contribution in [3.05, 3.63) is 29.3 Å². The van der Waals surface area contributed by atoms with E-state index in [-0.39, 0.29) is 16.8 Å². The van der Waals surface area contributed by atoms with Gasteiger partial charge in [0.25, 0.3) is 0 Å². The third kappa shape index (κ3) is 2.03. The number of hydrogen-bond donors (Lipinski definition) is 2. The van der Waals surface area contributed by atoms with Crippen LogP contribution >= 0.6 is 0 Å². The molecular formula is C11H9F6NO. The van der Waals surface area contributed by atoms with E-state index >= 15 is 0 Å². The molecule has 0 bridgehead atoms. The zero-order valence-electron chi connectivity index (χ0n) is 9.36. The van der Waals surface area contributed by atoms with E-state index in [9.17, 15) is 26.3 Å². The first-order valence-electron chi connectivity index (χ1n) is 5.25. The van der Waals surface area contributed by atoms with Crippen molar-refractivity contribution in [3.8, 4) is 0 Å². The Kier molecular flexibility index (Phi) is 2.96. The molecule has 106 valence electrons. The number of alkyl halides is 6. The summed E-state index contributed by atoms with van der Waals surface area (Å²) >= 11 is 0. The van der Waals surface area contributed by atoms with Crippen LogP contribution in [0, 0.1) is 0 Å². The lowest BCUT2D eigenvalue weighted by Crippen LogP contribution is -2.61. The molecule has 0 unspecified atom stereocenters. The van der Waals surface area contributed by atoms with E-state index in [1.807, 2.05) is 0 Å². The van der Waals surface area contributed by atoms with Crippen molar-refractivity contribution in [3.63, 3.8) is 0 Å². The zero-order chi connectivity index (χ0) is 14.5. The molecule has 0 aliphatic carbocycles. The molecule has 0 fully saturated rings. The lowest BCUT2D eigenvalue weighted by molar-refractivity contribution is -0.285. The average Bonchev–Trinajstić information content (AvgIpc) is 2.66. The Morgan fingerprint density at radius 3 is 2.16 bits per heavy atom. The van der Waals surface area contributed by atoms with E-state index in [4.69, 9.17) is 5.11 Å². The molecule has 1 aromatic rings. The van der Waals surface area contributed by atoms with Crippen LogP contribution in [0.5, 0.6) is 0 Å². The Morgan fingerprint density at radius 1 is 1.11 bits per heavy atom. The van der Waals surface area contributed by atoms with Crippen LogP contribution in [0.25, 0.3) is 0 Å². The highest BCUT2D eigenvalue weighted by atomic mass is 19.4. The highest BCUT2D eigenvalue weighted by molar-refractivity contribution is 5.61. The first kappa shape index (κ1) is 14.0. The van der Waals surface area contributed by atoms with Gasteiger partial charge in [0.1, 0.15) is 0 Å². The molecule has 8 heteroatoms. The Labute approximate surface area is 104 Å². The molecule has 2 nitrogen and oxygen atoms in total. The van der Waals surface area contributed by atoms with Gasteiger partial charge in [-0.15, -0.1) is 0 Å². The molecule has 0 saturated heterocycles. The molecule has 1 aromatic carbocycles. The van der Waals surface area contributed by atoms with Crippen molar-refractivity contribution < 1.29 is 31.4 Å². The predicted octanol–water partition coefficient (Wildman–Crippen LogP) is 3.01. The van der Waals surface area contributed by atoms with Crippen molar-refractivity contribution in [2.45, 2.75) is 30.9 Å². The van der Waals surface area contributed by atoms with Gasteiger partial charge < -0.3 is 10.4 Å². The Hall–Kier alpha value is -1.44. The molecule has 0 amide bonds. The van der Waals surface area contributed by atoms with E-state index in [0.717, 1.165) is 12.1 Å². The average molecular weight is 285 g/mol. The number of hydrogen-bond acceptors (Lipinski definition) is 2. The number of rotatable bonds is 1. The lowest BCUT2D eigenvalue weighted by Gasteiger charge is -2.34. The molecule has 1 heterocycles. The van der Waals surface area contributed by atoms with Crippen LogP contribution in [0.1, 0.15) is 11.1 Å². The van der Waals surface area contributed by atoms with E-state index in [0.29, 0.717) is 0 Å². The van der Waals surface area contributed by atoms with Gasteiger partial charge >= 0.3 is 12.4 Å². The predicted molar refractivity (Wildman–Crippen MR) is 54.5 cm³/mol. The number of nitrogens with one attached hydrogen (secondary N) is 1. The SMILES string of the molecule is OCc1ccc2c(c1)CC(C(F)(F)F)(C(F)(F)F)N2. The zero-order valence-corrected chi connectivity index (χ0v) is 9.36. The molecule has 1 aliphatic heterocycles. The maximum atomic E-state index is 12.8. The van der Waals surface area contributed by atoms with Gasteiger partial charge in [0.05, 0.1) is 6.61 Å². The summed E-state index contributed by atoms with van der Waals surface area (Å²) in [6.07, 6.45) is -12.2. The summed E-state index contributed by atoms with van der Waals surface area (Å²) < 4.78 is 77.0. The van der Waals surface area contributed by atoms with Gasteiger partial charge in [-0.2, -0.15) is 26.3 Å². The first-order valence-corrected chi connectivity index (χ1v) is 5.25. The Bertz CT molecular complexity index is 479. The number of fused-ring (bicyclic) bond motifs is 1. The summed E-state index contributed by atoms with van der Waals surface area (Å²) in [5.41, 5.74) is -4.02. The largest absolute Gasteiger partial charge is 0.420 e. The van der Waals surface area contributed by atoms with Crippen molar-refractivity contribution >= 4 is 5.69 Å². The van der Waals surface area contributed by atoms with Gasteiger partial charge in [-0.1, -0.05) is 12.1 Å². The molecule has 0 atom stereocenters. The maximum Gasteiger partial charge on any atom is 0.420 e. The van der Waals surface area contributed by atoms with Crippen molar-refractivity contribution in [2.24, 2.45) is 0 Å². The van der Waals surface area contributed by atoms with Crippen LogP contribution in [-0.4, -0.2) is 23.0 Å².